The number of aryl methyl sites for hydroxylation is 2. The Bertz CT molecular complexity index is 660. The van der Waals surface area contributed by atoms with Gasteiger partial charge in [0.15, 0.2) is 0 Å². The van der Waals surface area contributed by atoms with E-state index in [0.29, 0.717) is 10.2 Å². The number of halogens is 3. The van der Waals surface area contributed by atoms with Crippen molar-refractivity contribution >= 4 is 21.6 Å². The Balaban J connectivity index is 2.24. The molecule has 0 aliphatic rings. The third-order valence-electron chi connectivity index (χ3n) is 2.59. The predicted molar refractivity (Wildman–Crippen MR) is 65.4 cm³/mol. The second-order valence-electron chi connectivity index (χ2n) is 4.08. The molecule has 8 heteroatoms. The standard InChI is InChI=1S/C11H11F3N2O2S/c1-5-6(2)19-10-8(5)9(17)15-7(16-10)3-18-4-11(12,13)14/h3-4H2,1-2H3,(H,15,16,17). The van der Waals surface area contributed by atoms with Gasteiger partial charge in [0, 0.05) is 4.88 Å². The lowest BCUT2D eigenvalue weighted by molar-refractivity contribution is -0.177. The summed E-state index contributed by atoms with van der Waals surface area (Å²) >= 11 is 1.34. The third kappa shape index (κ3) is 3.13. The van der Waals surface area contributed by atoms with Crippen molar-refractivity contribution in [1.29, 1.82) is 0 Å². The molecule has 0 aromatic carbocycles. The SMILES string of the molecule is Cc1sc2nc(COCC(F)(F)F)[nH]c(=O)c2c1C. The first kappa shape index (κ1) is 14.0. The first-order valence-corrected chi connectivity index (χ1v) is 6.23. The van der Waals surface area contributed by atoms with E-state index < -0.39 is 12.8 Å². The molecule has 0 amide bonds. The fraction of sp³-hybridized carbons (Fsp3) is 0.455. The van der Waals surface area contributed by atoms with Crippen LogP contribution in [0.15, 0.2) is 4.79 Å². The Kier molecular flexibility index (Phi) is 3.64. The summed E-state index contributed by atoms with van der Waals surface area (Å²) in [5, 5.41) is 0.488. The number of nitrogens with one attached hydrogen (secondary N) is 1. The number of aromatic nitrogens is 2. The quantitative estimate of drug-likeness (QED) is 0.946. The normalized spacial score (nSPS) is 12.3. The van der Waals surface area contributed by atoms with Crippen molar-refractivity contribution in [3.63, 3.8) is 0 Å². The molecule has 2 heterocycles. The van der Waals surface area contributed by atoms with Gasteiger partial charge in [-0.05, 0) is 19.4 Å². The highest BCUT2D eigenvalue weighted by atomic mass is 32.1. The molecule has 19 heavy (non-hydrogen) atoms. The molecule has 0 unspecified atom stereocenters. The largest absolute Gasteiger partial charge is 0.411 e. The average Bonchev–Trinajstić information content (AvgIpc) is 2.53. The van der Waals surface area contributed by atoms with Crippen molar-refractivity contribution < 1.29 is 17.9 Å². The van der Waals surface area contributed by atoms with E-state index in [-0.39, 0.29) is 18.0 Å². The van der Waals surface area contributed by atoms with E-state index in [1.165, 1.54) is 11.3 Å². The van der Waals surface area contributed by atoms with Crippen molar-refractivity contribution in [1.82, 2.24) is 9.97 Å². The number of hydrogen-bond acceptors (Lipinski definition) is 4. The van der Waals surface area contributed by atoms with Crippen LogP contribution < -0.4 is 5.56 Å². The van der Waals surface area contributed by atoms with Crippen LogP contribution in [0.1, 0.15) is 16.3 Å². The van der Waals surface area contributed by atoms with E-state index in [4.69, 9.17) is 0 Å². The van der Waals surface area contributed by atoms with Crippen LogP contribution in [0.25, 0.3) is 10.2 Å². The minimum absolute atomic E-state index is 0.100. The summed E-state index contributed by atoms with van der Waals surface area (Å²) in [5.41, 5.74) is 0.494. The van der Waals surface area contributed by atoms with E-state index in [2.05, 4.69) is 14.7 Å². The Morgan fingerprint density at radius 3 is 2.68 bits per heavy atom. The molecule has 0 saturated heterocycles. The lowest BCUT2D eigenvalue weighted by Gasteiger charge is -2.06. The van der Waals surface area contributed by atoms with Gasteiger partial charge in [-0.2, -0.15) is 13.2 Å². The number of fused-ring (bicyclic) bond motifs is 1. The molecule has 2 aromatic rings. The van der Waals surface area contributed by atoms with Crippen molar-refractivity contribution in [3.8, 4) is 0 Å². The van der Waals surface area contributed by atoms with Crippen molar-refractivity contribution in [2.45, 2.75) is 26.6 Å². The van der Waals surface area contributed by atoms with Gasteiger partial charge < -0.3 is 9.72 Å². The first-order valence-electron chi connectivity index (χ1n) is 5.41. The molecule has 4 nitrogen and oxygen atoms in total. The highest BCUT2D eigenvalue weighted by molar-refractivity contribution is 7.18. The summed E-state index contributed by atoms with van der Waals surface area (Å²) in [6.45, 7) is 1.93. The van der Waals surface area contributed by atoms with Gasteiger partial charge in [0.25, 0.3) is 5.56 Å². The summed E-state index contributed by atoms with van der Waals surface area (Å²) < 4.78 is 40.3. The number of rotatable bonds is 3. The molecule has 0 aliphatic carbocycles. The number of aromatic amines is 1. The van der Waals surface area contributed by atoms with Crippen LogP contribution in [0.3, 0.4) is 0 Å². The van der Waals surface area contributed by atoms with Gasteiger partial charge in [0.05, 0.1) is 5.39 Å². The molecule has 2 aromatic heterocycles. The molecule has 0 atom stereocenters. The number of nitrogens with zero attached hydrogens (tertiary/aromatic N) is 1. The van der Waals surface area contributed by atoms with E-state index in [1.54, 1.807) is 0 Å². The zero-order valence-electron chi connectivity index (χ0n) is 10.2. The van der Waals surface area contributed by atoms with Crippen LogP contribution >= 0.6 is 11.3 Å². The number of alkyl halides is 3. The summed E-state index contributed by atoms with van der Waals surface area (Å²) in [7, 11) is 0. The van der Waals surface area contributed by atoms with Gasteiger partial charge in [-0.3, -0.25) is 4.79 Å². The molecular formula is C11H11F3N2O2S. The maximum absolute atomic E-state index is 11.9. The third-order valence-corrected chi connectivity index (χ3v) is 3.69. The Hall–Kier alpha value is -1.41. The van der Waals surface area contributed by atoms with Crippen LogP contribution in [0, 0.1) is 13.8 Å². The van der Waals surface area contributed by atoms with Crippen molar-refractivity contribution in [2.75, 3.05) is 6.61 Å². The van der Waals surface area contributed by atoms with Gasteiger partial charge in [0.2, 0.25) is 0 Å². The fourth-order valence-electron chi connectivity index (χ4n) is 1.63. The van der Waals surface area contributed by atoms with Gasteiger partial charge in [-0.25, -0.2) is 4.98 Å². The number of hydrogen-bond donors (Lipinski definition) is 1. The zero-order chi connectivity index (χ0) is 14.2. The molecule has 0 spiro atoms. The van der Waals surface area contributed by atoms with Gasteiger partial charge >= 0.3 is 6.18 Å². The molecule has 2 rings (SSSR count). The van der Waals surface area contributed by atoms with Crippen LogP contribution in [0.5, 0.6) is 0 Å². The molecule has 0 radical (unpaired) electrons. The topological polar surface area (TPSA) is 55.0 Å². The molecule has 0 aliphatic heterocycles. The summed E-state index contributed by atoms with van der Waals surface area (Å²) in [6, 6.07) is 0. The van der Waals surface area contributed by atoms with Crippen LogP contribution in [0.4, 0.5) is 13.2 Å². The molecule has 0 fully saturated rings. The second-order valence-corrected chi connectivity index (χ2v) is 5.29. The summed E-state index contributed by atoms with van der Waals surface area (Å²) in [5.74, 6) is 0.100. The first-order chi connectivity index (χ1) is 8.78. The minimum atomic E-state index is -4.39. The highest BCUT2D eigenvalue weighted by Crippen LogP contribution is 2.25. The fourth-order valence-corrected chi connectivity index (χ4v) is 2.68. The summed E-state index contributed by atoms with van der Waals surface area (Å²) in [6.07, 6.45) is -4.39. The molecule has 104 valence electrons. The Labute approximate surface area is 110 Å². The lowest BCUT2D eigenvalue weighted by atomic mass is 10.2. The van der Waals surface area contributed by atoms with Crippen LogP contribution in [0.2, 0.25) is 0 Å². The molecule has 0 bridgehead atoms. The maximum Gasteiger partial charge on any atom is 0.411 e. The summed E-state index contributed by atoms with van der Waals surface area (Å²) in [4.78, 5) is 19.9. The van der Waals surface area contributed by atoms with Gasteiger partial charge in [-0.15, -0.1) is 11.3 Å². The monoisotopic (exact) mass is 292 g/mol. The number of ether oxygens (including phenoxy) is 1. The number of H-pyrrole nitrogens is 1. The zero-order valence-corrected chi connectivity index (χ0v) is 11.0. The molecule has 0 saturated carbocycles. The van der Waals surface area contributed by atoms with Crippen molar-refractivity contribution in [2.24, 2.45) is 0 Å². The smallest absolute Gasteiger partial charge is 0.364 e. The Morgan fingerprint density at radius 2 is 2.05 bits per heavy atom. The second kappa shape index (κ2) is 4.93. The number of thiophene rings is 1. The highest BCUT2D eigenvalue weighted by Gasteiger charge is 2.27. The van der Waals surface area contributed by atoms with Crippen molar-refractivity contribution in [3.05, 3.63) is 26.6 Å². The predicted octanol–water partition coefficient (Wildman–Crippen LogP) is 2.68. The van der Waals surface area contributed by atoms with Gasteiger partial charge in [-0.1, -0.05) is 0 Å². The lowest BCUT2D eigenvalue weighted by Crippen LogP contribution is -2.18. The van der Waals surface area contributed by atoms with E-state index in [9.17, 15) is 18.0 Å². The van der Waals surface area contributed by atoms with E-state index in [1.807, 2.05) is 13.8 Å². The minimum Gasteiger partial charge on any atom is -0.364 e. The van der Waals surface area contributed by atoms with E-state index >= 15 is 0 Å². The molecular weight excluding hydrogens is 281 g/mol. The Morgan fingerprint density at radius 1 is 1.37 bits per heavy atom. The maximum atomic E-state index is 11.9. The van der Waals surface area contributed by atoms with Crippen LogP contribution in [-0.2, 0) is 11.3 Å². The van der Waals surface area contributed by atoms with E-state index in [0.717, 1.165) is 10.4 Å². The molecule has 1 N–H and O–H groups in total. The van der Waals surface area contributed by atoms with Gasteiger partial charge in [0.1, 0.15) is 23.9 Å². The van der Waals surface area contributed by atoms with Crippen LogP contribution in [-0.4, -0.2) is 22.8 Å². The average molecular weight is 292 g/mol.